The number of fused-ring (bicyclic) bond motifs is 1. The minimum Gasteiger partial charge on any atom is -0.306 e. The van der Waals surface area contributed by atoms with Crippen LogP contribution in [0.2, 0.25) is 0 Å². The average Bonchev–Trinajstić information content (AvgIpc) is 2.79. The second-order valence-corrected chi connectivity index (χ2v) is 5.83. The Morgan fingerprint density at radius 3 is 2.38 bits per heavy atom. The van der Waals surface area contributed by atoms with E-state index < -0.39 is 17.0 Å². The molecule has 1 heterocycles. The third-order valence-electron chi connectivity index (χ3n) is 3.14. The van der Waals surface area contributed by atoms with Gasteiger partial charge in [0, 0.05) is 4.47 Å². The predicted octanol–water partition coefficient (Wildman–Crippen LogP) is 4.23. The minimum absolute atomic E-state index is 0.326. The van der Waals surface area contributed by atoms with Crippen LogP contribution < -0.4 is 5.69 Å². The molecule has 1 atom stereocenters. The Balaban J connectivity index is 2.11. The third kappa shape index (κ3) is 2.61. The van der Waals surface area contributed by atoms with Crippen LogP contribution in [0.25, 0.3) is 11.0 Å². The van der Waals surface area contributed by atoms with Crippen molar-refractivity contribution in [2.24, 2.45) is 0 Å². The molecular formula is C14H8BrClF2N2O. The van der Waals surface area contributed by atoms with Gasteiger partial charge in [-0.15, -0.1) is 11.6 Å². The second kappa shape index (κ2) is 5.27. The molecule has 0 saturated carbocycles. The summed E-state index contributed by atoms with van der Waals surface area (Å²) < 4.78 is 27.0. The van der Waals surface area contributed by atoms with Crippen LogP contribution in [0.15, 0.2) is 39.6 Å². The first-order valence-corrected chi connectivity index (χ1v) is 7.19. The SMILES string of the molecule is O=c1[nH]c2cc(Br)c(C(Cl)c3ccc(F)c(F)c3)cc2[nH]1. The van der Waals surface area contributed by atoms with Gasteiger partial charge in [0.2, 0.25) is 0 Å². The number of hydrogen-bond donors (Lipinski definition) is 2. The second-order valence-electron chi connectivity index (χ2n) is 4.53. The Labute approximate surface area is 131 Å². The highest BCUT2D eigenvalue weighted by Crippen LogP contribution is 2.35. The number of halogens is 4. The molecule has 3 rings (SSSR count). The van der Waals surface area contributed by atoms with Crippen molar-refractivity contribution in [3.63, 3.8) is 0 Å². The topological polar surface area (TPSA) is 48.6 Å². The molecule has 1 unspecified atom stereocenters. The number of aromatic nitrogens is 2. The quantitative estimate of drug-likeness (QED) is 0.649. The third-order valence-corrected chi connectivity index (χ3v) is 4.32. The zero-order chi connectivity index (χ0) is 15.1. The van der Waals surface area contributed by atoms with Gasteiger partial charge in [-0.2, -0.15) is 0 Å². The molecule has 0 aliphatic heterocycles. The van der Waals surface area contributed by atoms with Crippen LogP contribution in [0.4, 0.5) is 8.78 Å². The van der Waals surface area contributed by atoms with Gasteiger partial charge in [-0.05, 0) is 35.4 Å². The molecule has 0 saturated heterocycles. The number of nitrogens with one attached hydrogen (secondary N) is 2. The van der Waals surface area contributed by atoms with Crippen LogP contribution in [0, 0.1) is 11.6 Å². The van der Waals surface area contributed by atoms with Gasteiger partial charge in [0.25, 0.3) is 0 Å². The number of imidazole rings is 1. The van der Waals surface area contributed by atoms with Gasteiger partial charge >= 0.3 is 5.69 Å². The number of rotatable bonds is 2. The van der Waals surface area contributed by atoms with E-state index in [0.29, 0.717) is 26.6 Å². The fourth-order valence-corrected chi connectivity index (χ4v) is 3.14. The standard InChI is InChI=1S/C14H8BrClF2N2O/c15-8-5-12-11(19-14(21)20-12)4-7(8)13(16)6-1-2-9(17)10(18)3-6/h1-5,13H,(H2,19,20,21). The summed E-state index contributed by atoms with van der Waals surface area (Å²) in [6.07, 6.45) is 0. The first kappa shape index (κ1) is 14.3. The van der Waals surface area contributed by atoms with E-state index in [2.05, 4.69) is 25.9 Å². The summed E-state index contributed by atoms with van der Waals surface area (Å²) in [6.45, 7) is 0. The van der Waals surface area contributed by atoms with Gasteiger partial charge in [0.15, 0.2) is 11.6 Å². The summed E-state index contributed by atoms with van der Waals surface area (Å²) in [6, 6.07) is 6.91. The summed E-state index contributed by atoms with van der Waals surface area (Å²) in [5.74, 6) is -1.88. The summed E-state index contributed by atoms with van der Waals surface area (Å²) in [5.41, 5.74) is 1.96. The maximum Gasteiger partial charge on any atom is 0.323 e. The number of benzene rings is 2. The minimum atomic E-state index is -0.953. The average molecular weight is 374 g/mol. The van der Waals surface area contributed by atoms with Crippen LogP contribution in [-0.2, 0) is 0 Å². The molecule has 2 aromatic carbocycles. The van der Waals surface area contributed by atoms with E-state index in [4.69, 9.17) is 11.6 Å². The lowest BCUT2D eigenvalue weighted by atomic mass is 10.0. The van der Waals surface area contributed by atoms with Crippen LogP contribution >= 0.6 is 27.5 Å². The van der Waals surface area contributed by atoms with E-state index in [1.807, 2.05) is 0 Å². The van der Waals surface area contributed by atoms with E-state index in [-0.39, 0.29) is 5.69 Å². The first-order valence-electron chi connectivity index (χ1n) is 5.96. The van der Waals surface area contributed by atoms with Crippen molar-refractivity contribution in [2.45, 2.75) is 5.38 Å². The van der Waals surface area contributed by atoms with Crippen molar-refractivity contribution in [2.75, 3.05) is 0 Å². The molecule has 0 bridgehead atoms. The van der Waals surface area contributed by atoms with Gasteiger partial charge in [-0.3, -0.25) is 0 Å². The van der Waals surface area contributed by atoms with E-state index >= 15 is 0 Å². The Morgan fingerprint density at radius 1 is 1.05 bits per heavy atom. The molecule has 0 radical (unpaired) electrons. The van der Waals surface area contributed by atoms with Crippen LogP contribution in [0.3, 0.4) is 0 Å². The molecule has 108 valence electrons. The largest absolute Gasteiger partial charge is 0.323 e. The van der Waals surface area contributed by atoms with Gasteiger partial charge in [0.05, 0.1) is 16.4 Å². The van der Waals surface area contributed by atoms with Gasteiger partial charge in [0.1, 0.15) is 0 Å². The molecule has 0 aliphatic rings. The number of alkyl halides is 1. The zero-order valence-corrected chi connectivity index (χ0v) is 12.7. The molecule has 3 aromatic rings. The number of H-pyrrole nitrogens is 2. The van der Waals surface area contributed by atoms with Gasteiger partial charge in [-0.25, -0.2) is 13.6 Å². The van der Waals surface area contributed by atoms with Crippen molar-refractivity contribution < 1.29 is 8.78 Å². The molecule has 0 amide bonds. The van der Waals surface area contributed by atoms with E-state index in [9.17, 15) is 13.6 Å². The molecule has 0 aliphatic carbocycles. The zero-order valence-electron chi connectivity index (χ0n) is 10.4. The van der Waals surface area contributed by atoms with E-state index in [0.717, 1.165) is 12.1 Å². The smallest absolute Gasteiger partial charge is 0.306 e. The summed E-state index contributed by atoms with van der Waals surface area (Å²) in [4.78, 5) is 16.5. The Morgan fingerprint density at radius 2 is 1.71 bits per heavy atom. The fourth-order valence-electron chi connectivity index (χ4n) is 2.12. The highest BCUT2D eigenvalue weighted by molar-refractivity contribution is 9.10. The Hall–Kier alpha value is -1.66. The maximum absolute atomic E-state index is 13.3. The number of hydrogen-bond acceptors (Lipinski definition) is 1. The van der Waals surface area contributed by atoms with Crippen LogP contribution in [0.1, 0.15) is 16.5 Å². The molecule has 3 nitrogen and oxygen atoms in total. The molecular weight excluding hydrogens is 366 g/mol. The molecule has 21 heavy (non-hydrogen) atoms. The van der Waals surface area contributed by atoms with Gasteiger partial charge in [-0.1, -0.05) is 22.0 Å². The lowest BCUT2D eigenvalue weighted by molar-refractivity contribution is 0.507. The Bertz CT molecular complexity index is 890. The van der Waals surface area contributed by atoms with Gasteiger partial charge < -0.3 is 9.97 Å². The van der Waals surface area contributed by atoms with Crippen molar-refractivity contribution in [3.8, 4) is 0 Å². The fraction of sp³-hybridized carbons (Fsp3) is 0.0714. The van der Waals surface area contributed by atoms with Crippen LogP contribution in [-0.4, -0.2) is 9.97 Å². The molecule has 7 heteroatoms. The lowest BCUT2D eigenvalue weighted by Gasteiger charge is -2.13. The van der Waals surface area contributed by atoms with E-state index in [1.54, 1.807) is 12.1 Å². The van der Waals surface area contributed by atoms with Crippen molar-refractivity contribution >= 4 is 38.6 Å². The molecule has 2 N–H and O–H groups in total. The summed E-state index contributed by atoms with van der Waals surface area (Å²) >= 11 is 9.72. The number of aromatic amines is 2. The summed E-state index contributed by atoms with van der Waals surface area (Å²) in [7, 11) is 0. The maximum atomic E-state index is 13.3. The van der Waals surface area contributed by atoms with Crippen molar-refractivity contribution in [3.05, 3.63) is 68.1 Å². The van der Waals surface area contributed by atoms with E-state index in [1.165, 1.54) is 6.07 Å². The Kier molecular flexibility index (Phi) is 3.59. The monoisotopic (exact) mass is 372 g/mol. The molecule has 0 fully saturated rings. The lowest BCUT2D eigenvalue weighted by Crippen LogP contribution is -1.99. The normalized spacial score (nSPS) is 12.8. The van der Waals surface area contributed by atoms with Crippen molar-refractivity contribution in [1.82, 2.24) is 9.97 Å². The van der Waals surface area contributed by atoms with Crippen molar-refractivity contribution in [1.29, 1.82) is 0 Å². The molecule has 1 aromatic heterocycles. The van der Waals surface area contributed by atoms with Crippen LogP contribution in [0.5, 0.6) is 0 Å². The summed E-state index contributed by atoms with van der Waals surface area (Å²) in [5, 5.41) is -0.683. The highest BCUT2D eigenvalue weighted by atomic mass is 79.9. The predicted molar refractivity (Wildman–Crippen MR) is 80.7 cm³/mol. The first-order chi connectivity index (χ1) is 9.95. The molecule has 0 spiro atoms. The highest BCUT2D eigenvalue weighted by Gasteiger charge is 2.17.